The maximum absolute atomic E-state index is 11.7. The highest BCUT2D eigenvalue weighted by Gasteiger charge is 2.21. The minimum Gasteiger partial charge on any atom is -0.490 e. The van der Waals surface area contributed by atoms with Crippen molar-refractivity contribution >= 4 is 11.7 Å². The Kier molecular flexibility index (Phi) is 5.96. The number of rotatable bonds is 7. The van der Waals surface area contributed by atoms with E-state index in [1.165, 1.54) is 13.2 Å². The second-order valence-corrected chi connectivity index (χ2v) is 4.32. The van der Waals surface area contributed by atoms with Crippen molar-refractivity contribution in [2.75, 3.05) is 13.7 Å². The Morgan fingerprint density at radius 1 is 1.40 bits per heavy atom. The normalized spacial score (nSPS) is 11.8. The van der Waals surface area contributed by atoms with Crippen molar-refractivity contribution in [3.8, 4) is 5.75 Å². The van der Waals surface area contributed by atoms with Gasteiger partial charge in [-0.1, -0.05) is 13.0 Å². The van der Waals surface area contributed by atoms with E-state index in [1.54, 1.807) is 19.1 Å². The lowest BCUT2D eigenvalue weighted by Crippen LogP contribution is -2.19. The standard InChI is InChI=1S/C14H19NO5/c1-4-11(14(16)20-5-2)8-10-6-7-13(19-3)12(9-10)15(17)18/h6-7,9,11H,4-5,8H2,1-3H3/t11-/m0/s1. The van der Waals surface area contributed by atoms with Crippen LogP contribution in [0.4, 0.5) is 5.69 Å². The average Bonchev–Trinajstić information content (AvgIpc) is 2.44. The fourth-order valence-electron chi connectivity index (χ4n) is 1.94. The topological polar surface area (TPSA) is 78.7 Å². The molecule has 0 amide bonds. The van der Waals surface area contributed by atoms with Gasteiger partial charge in [0.25, 0.3) is 0 Å². The summed E-state index contributed by atoms with van der Waals surface area (Å²) in [5.74, 6) is -0.348. The number of carbonyl (C=O) groups excluding carboxylic acids is 1. The molecular formula is C14H19NO5. The summed E-state index contributed by atoms with van der Waals surface area (Å²) in [4.78, 5) is 22.2. The number of benzene rings is 1. The number of methoxy groups -OCH3 is 1. The molecule has 0 saturated carbocycles. The van der Waals surface area contributed by atoms with Crippen molar-refractivity contribution in [2.45, 2.75) is 26.7 Å². The smallest absolute Gasteiger partial charge is 0.311 e. The highest BCUT2D eigenvalue weighted by Crippen LogP contribution is 2.28. The Hall–Kier alpha value is -2.11. The van der Waals surface area contributed by atoms with Gasteiger partial charge in [-0.3, -0.25) is 14.9 Å². The van der Waals surface area contributed by atoms with Crippen LogP contribution < -0.4 is 4.74 Å². The number of esters is 1. The largest absolute Gasteiger partial charge is 0.490 e. The van der Waals surface area contributed by atoms with Gasteiger partial charge in [0.2, 0.25) is 0 Å². The molecule has 0 aliphatic rings. The molecule has 1 aromatic carbocycles. The summed E-state index contributed by atoms with van der Waals surface area (Å²) in [7, 11) is 1.38. The first kappa shape index (κ1) is 15.9. The maximum Gasteiger partial charge on any atom is 0.311 e. The molecule has 20 heavy (non-hydrogen) atoms. The van der Waals surface area contributed by atoms with Gasteiger partial charge in [-0.05, 0) is 31.4 Å². The number of ether oxygens (including phenoxy) is 2. The zero-order chi connectivity index (χ0) is 15.1. The SMILES string of the molecule is CCOC(=O)[C@@H](CC)Cc1ccc(OC)c([N+](=O)[O-])c1. The second-order valence-electron chi connectivity index (χ2n) is 4.32. The molecule has 110 valence electrons. The lowest BCUT2D eigenvalue weighted by atomic mass is 9.96. The maximum atomic E-state index is 11.7. The van der Waals surface area contributed by atoms with Gasteiger partial charge < -0.3 is 9.47 Å². The van der Waals surface area contributed by atoms with Gasteiger partial charge in [-0.15, -0.1) is 0 Å². The average molecular weight is 281 g/mol. The van der Waals surface area contributed by atoms with Crippen molar-refractivity contribution in [3.05, 3.63) is 33.9 Å². The third-order valence-electron chi connectivity index (χ3n) is 3.03. The number of hydrogen-bond acceptors (Lipinski definition) is 5. The predicted molar refractivity (Wildman–Crippen MR) is 73.8 cm³/mol. The summed E-state index contributed by atoms with van der Waals surface area (Å²) >= 11 is 0. The molecule has 0 aliphatic carbocycles. The summed E-state index contributed by atoms with van der Waals surface area (Å²) in [6.07, 6.45) is 1.04. The number of nitro groups is 1. The molecule has 0 aliphatic heterocycles. The second kappa shape index (κ2) is 7.47. The minimum atomic E-state index is -0.492. The molecule has 0 N–H and O–H groups in total. The highest BCUT2D eigenvalue weighted by atomic mass is 16.6. The molecule has 0 unspecified atom stereocenters. The Balaban J connectivity index is 2.94. The summed E-state index contributed by atoms with van der Waals surface area (Å²) in [5, 5.41) is 11.0. The van der Waals surface area contributed by atoms with Crippen LogP contribution in [0.25, 0.3) is 0 Å². The molecular weight excluding hydrogens is 262 g/mol. The van der Waals surface area contributed by atoms with Crippen molar-refractivity contribution in [2.24, 2.45) is 5.92 Å². The van der Waals surface area contributed by atoms with E-state index in [9.17, 15) is 14.9 Å². The minimum absolute atomic E-state index is 0.0938. The molecule has 6 nitrogen and oxygen atoms in total. The molecule has 0 bridgehead atoms. The van der Waals surface area contributed by atoms with Gasteiger partial charge in [0, 0.05) is 6.07 Å². The molecule has 0 radical (unpaired) electrons. The third kappa shape index (κ3) is 3.94. The van der Waals surface area contributed by atoms with Crippen molar-refractivity contribution in [3.63, 3.8) is 0 Å². The molecule has 0 aromatic heterocycles. The van der Waals surface area contributed by atoms with Crippen LogP contribution in [0, 0.1) is 16.0 Å². The molecule has 6 heteroatoms. The predicted octanol–water partition coefficient (Wildman–Crippen LogP) is 2.74. The first-order valence-corrected chi connectivity index (χ1v) is 6.51. The van der Waals surface area contributed by atoms with E-state index in [1.807, 2.05) is 6.92 Å². The van der Waals surface area contributed by atoms with Gasteiger partial charge in [0.1, 0.15) is 0 Å². The summed E-state index contributed by atoms with van der Waals surface area (Å²) in [5.41, 5.74) is 0.626. The summed E-state index contributed by atoms with van der Waals surface area (Å²) in [6.45, 7) is 3.97. The fourth-order valence-corrected chi connectivity index (χ4v) is 1.94. The molecule has 0 spiro atoms. The van der Waals surface area contributed by atoms with E-state index in [0.717, 1.165) is 5.56 Å². The monoisotopic (exact) mass is 281 g/mol. The van der Waals surface area contributed by atoms with E-state index >= 15 is 0 Å². The van der Waals surface area contributed by atoms with Gasteiger partial charge in [-0.2, -0.15) is 0 Å². The fraction of sp³-hybridized carbons (Fsp3) is 0.500. The molecule has 0 fully saturated rings. The molecule has 1 atom stereocenters. The van der Waals surface area contributed by atoms with Crippen LogP contribution in [-0.2, 0) is 16.0 Å². The van der Waals surface area contributed by atoms with Crippen LogP contribution in [0.3, 0.4) is 0 Å². The Bertz CT molecular complexity index is 486. The molecule has 1 aromatic rings. The molecule has 0 heterocycles. The van der Waals surface area contributed by atoms with Crippen molar-refractivity contribution in [1.82, 2.24) is 0 Å². The van der Waals surface area contributed by atoms with Crippen LogP contribution >= 0.6 is 0 Å². The van der Waals surface area contributed by atoms with Gasteiger partial charge in [0.15, 0.2) is 5.75 Å². The van der Waals surface area contributed by atoms with E-state index in [4.69, 9.17) is 9.47 Å². The lowest BCUT2D eigenvalue weighted by Gasteiger charge is -2.13. The third-order valence-corrected chi connectivity index (χ3v) is 3.03. The Morgan fingerprint density at radius 2 is 2.10 bits per heavy atom. The Labute approximate surface area is 117 Å². The zero-order valence-corrected chi connectivity index (χ0v) is 11.9. The van der Waals surface area contributed by atoms with Gasteiger partial charge >= 0.3 is 11.7 Å². The number of carbonyl (C=O) groups is 1. The van der Waals surface area contributed by atoms with E-state index in [0.29, 0.717) is 19.4 Å². The highest BCUT2D eigenvalue weighted by molar-refractivity contribution is 5.72. The van der Waals surface area contributed by atoms with E-state index in [-0.39, 0.29) is 23.3 Å². The summed E-state index contributed by atoms with van der Waals surface area (Å²) < 4.78 is 9.94. The quantitative estimate of drug-likeness (QED) is 0.436. The first-order chi connectivity index (χ1) is 9.53. The van der Waals surface area contributed by atoms with Crippen LogP contribution in [-0.4, -0.2) is 24.6 Å². The van der Waals surface area contributed by atoms with Crippen LogP contribution in [0.2, 0.25) is 0 Å². The van der Waals surface area contributed by atoms with E-state index in [2.05, 4.69) is 0 Å². The molecule has 1 rings (SSSR count). The van der Waals surface area contributed by atoms with Crippen LogP contribution in [0.15, 0.2) is 18.2 Å². The van der Waals surface area contributed by atoms with Crippen molar-refractivity contribution in [1.29, 1.82) is 0 Å². The van der Waals surface area contributed by atoms with Crippen LogP contribution in [0.5, 0.6) is 5.75 Å². The Morgan fingerprint density at radius 3 is 2.60 bits per heavy atom. The first-order valence-electron chi connectivity index (χ1n) is 6.51. The number of nitrogens with zero attached hydrogens (tertiary/aromatic N) is 1. The van der Waals surface area contributed by atoms with Gasteiger partial charge in [-0.25, -0.2) is 0 Å². The number of hydrogen-bond donors (Lipinski definition) is 0. The summed E-state index contributed by atoms with van der Waals surface area (Å²) in [6, 6.07) is 4.72. The van der Waals surface area contributed by atoms with E-state index < -0.39 is 4.92 Å². The van der Waals surface area contributed by atoms with Crippen LogP contribution in [0.1, 0.15) is 25.8 Å². The van der Waals surface area contributed by atoms with Crippen molar-refractivity contribution < 1.29 is 19.2 Å². The van der Waals surface area contributed by atoms with Gasteiger partial charge in [0.05, 0.1) is 24.6 Å². The zero-order valence-electron chi connectivity index (χ0n) is 11.9. The molecule has 0 saturated heterocycles. The number of nitro benzene ring substituents is 1. The lowest BCUT2D eigenvalue weighted by molar-refractivity contribution is -0.385.